The number of aromatic nitrogens is 2. The van der Waals surface area contributed by atoms with Crippen molar-refractivity contribution in [2.45, 2.75) is 19.6 Å². The standard InChI is InChI=1S/C18H16N2O3/c1-13(14-7-3-2-4-8-14)23-17(21)11-20-12-19-16-10-6-5-9-15(16)18(20)22/h2-10,12-13H,11H2,1H3/t13-/m0/s1. The summed E-state index contributed by atoms with van der Waals surface area (Å²) in [5.41, 5.74) is 1.27. The zero-order valence-corrected chi connectivity index (χ0v) is 12.7. The molecule has 1 aromatic heterocycles. The maximum absolute atomic E-state index is 12.3. The Kier molecular flexibility index (Phi) is 4.19. The third-order valence-electron chi connectivity index (χ3n) is 3.61. The highest BCUT2D eigenvalue weighted by Gasteiger charge is 2.13. The van der Waals surface area contributed by atoms with E-state index in [-0.39, 0.29) is 18.2 Å². The second-order valence-electron chi connectivity index (χ2n) is 5.24. The van der Waals surface area contributed by atoms with Crippen molar-refractivity contribution in [2.24, 2.45) is 0 Å². The van der Waals surface area contributed by atoms with Gasteiger partial charge in [0, 0.05) is 0 Å². The largest absolute Gasteiger partial charge is 0.456 e. The smallest absolute Gasteiger partial charge is 0.326 e. The normalized spacial score (nSPS) is 12.0. The Labute approximate surface area is 133 Å². The number of carbonyl (C=O) groups excluding carboxylic acids is 1. The van der Waals surface area contributed by atoms with E-state index in [1.54, 1.807) is 25.1 Å². The minimum Gasteiger partial charge on any atom is -0.456 e. The number of ether oxygens (including phenoxy) is 1. The maximum atomic E-state index is 12.3. The fourth-order valence-corrected chi connectivity index (χ4v) is 2.38. The molecule has 0 aliphatic heterocycles. The van der Waals surface area contributed by atoms with Crippen LogP contribution in [0.2, 0.25) is 0 Å². The zero-order chi connectivity index (χ0) is 16.2. The molecule has 0 amide bonds. The SMILES string of the molecule is C[C@H](OC(=O)Cn1cnc2ccccc2c1=O)c1ccccc1. The molecule has 0 unspecified atom stereocenters. The van der Waals surface area contributed by atoms with Gasteiger partial charge < -0.3 is 4.74 Å². The van der Waals surface area contributed by atoms with Crippen molar-refractivity contribution in [1.29, 1.82) is 0 Å². The predicted octanol–water partition coefficient (Wildman–Crippen LogP) is 2.70. The molecule has 0 bridgehead atoms. The van der Waals surface area contributed by atoms with Crippen molar-refractivity contribution in [3.8, 4) is 0 Å². The Morgan fingerprint density at radius 1 is 1.13 bits per heavy atom. The van der Waals surface area contributed by atoms with Crippen LogP contribution in [-0.2, 0) is 16.1 Å². The minimum atomic E-state index is -0.472. The van der Waals surface area contributed by atoms with Crippen LogP contribution in [0.4, 0.5) is 0 Å². The van der Waals surface area contributed by atoms with Gasteiger partial charge in [-0.05, 0) is 24.6 Å². The number of para-hydroxylation sites is 1. The summed E-state index contributed by atoms with van der Waals surface area (Å²) in [4.78, 5) is 28.6. The number of carbonyl (C=O) groups is 1. The van der Waals surface area contributed by atoms with Crippen LogP contribution in [0.5, 0.6) is 0 Å². The van der Waals surface area contributed by atoms with Gasteiger partial charge in [-0.25, -0.2) is 4.98 Å². The summed E-state index contributed by atoms with van der Waals surface area (Å²) < 4.78 is 6.65. The number of hydrogen-bond acceptors (Lipinski definition) is 4. The lowest BCUT2D eigenvalue weighted by molar-refractivity contribution is -0.149. The van der Waals surface area contributed by atoms with Gasteiger partial charge in [-0.15, -0.1) is 0 Å². The molecule has 0 saturated carbocycles. The summed E-state index contributed by atoms with van der Waals surface area (Å²) in [7, 11) is 0. The first kappa shape index (κ1) is 15.0. The van der Waals surface area contributed by atoms with Gasteiger partial charge in [0.05, 0.1) is 17.2 Å². The molecule has 0 aliphatic rings. The van der Waals surface area contributed by atoms with Crippen LogP contribution in [0.25, 0.3) is 10.9 Å². The maximum Gasteiger partial charge on any atom is 0.326 e. The molecular weight excluding hydrogens is 292 g/mol. The van der Waals surface area contributed by atoms with Crippen LogP contribution in [0.1, 0.15) is 18.6 Å². The number of esters is 1. The molecule has 5 nitrogen and oxygen atoms in total. The Morgan fingerprint density at radius 3 is 2.61 bits per heavy atom. The topological polar surface area (TPSA) is 61.2 Å². The number of fused-ring (bicyclic) bond motifs is 1. The molecule has 1 atom stereocenters. The molecular formula is C18H16N2O3. The monoisotopic (exact) mass is 308 g/mol. The van der Waals surface area contributed by atoms with Gasteiger partial charge in [-0.1, -0.05) is 42.5 Å². The van der Waals surface area contributed by atoms with Gasteiger partial charge >= 0.3 is 5.97 Å². The van der Waals surface area contributed by atoms with Gasteiger partial charge in [-0.2, -0.15) is 0 Å². The average molecular weight is 308 g/mol. The Bertz CT molecular complexity index is 887. The molecule has 2 aromatic carbocycles. The number of benzene rings is 2. The lowest BCUT2D eigenvalue weighted by atomic mass is 10.1. The van der Waals surface area contributed by atoms with E-state index in [4.69, 9.17) is 4.74 Å². The summed E-state index contributed by atoms with van der Waals surface area (Å²) in [6, 6.07) is 16.5. The van der Waals surface area contributed by atoms with Gasteiger partial charge in [0.2, 0.25) is 0 Å². The molecule has 0 fully saturated rings. The molecule has 5 heteroatoms. The molecule has 0 N–H and O–H groups in total. The first-order valence-electron chi connectivity index (χ1n) is 7.34. The highest BCUT2D eigenvalue weighted by molar-refractivity contribution is 5.77. The molecule has 0 saturated heterocycles. The van der Waals surface area contributed by atoms with E-state index in [1.807, 2.05) is 36.4 Å². The van der Waals surface area contributed by atoms with Crippen molar-refractivity contribution in [3.63, 3.8) is 0 Å². The van der Waals surface area contributed by atoms with Crippen molar-refractivity contribution >= 4 is 16.9 Å². The molecule has 0 aliphatic carbocycles. The van der Waals surface area contributed by atoms with Crippen LogP contribution in [0.3, 0.4) is 0 Å². The summed E-state index contributed by atoms with van der Waals surface area (Å²) >= 11 is 0. The van der Waals surface area contributed by atoms with Crippen molar-refractivity contribution in [2.75, 3.05) is 0 Å². The molecule has 116 valence electrons. The number of hydrogen-bond donors (Lipinski definition) is 0. The lowest BCUT2D eigenvalue weighted by Crippen LogP contribution is -2.26. The second-order valence-corrected chi connectivity index (χ2v) is 5.24. The van der Waals surface area contributed by atoms with Crippen molar-refractivity contribution < 1.29 is 9.53 Å². The van der Waals surface area contributed by atoms with E-state index >= 15 is 0 Å². The van der Waals surface area contributed by atoms with Gasteiger partial charge in [0.15, 0.2) is 0 Å². The first-order chi connectivity index (χ1) is 11.1. The summed E-state index contributed by atoms with van der Waals surface area (Å²) in [6.07, 6.45) is 1.01. The van der Waals surface area contributed by atoms with E-state index in [0.29, 0.717) is 10.9 Å². The van der Waals surface area contributed by atoms with Crippen LogP contribution in [-0.4, -0.2) is 15.5 Å². The molecule has 0 radical (unpaired) electrons. The summed E-state index contributed by atoms with van der Waals surface area (Å²) in [5, 5.41) is 0.485. The second kappa shape index (κ2) is 6.44. The molecule has 1 heterocycles. The predicted molar refractivity (Wildman–Crippen MR) is 87.0 cm³/mol. The number of rotatable bonds is 4. The van der Waals surface area contributed by atoms with Gasteiger partial charge in [0.1, 0.15) is 12.6 Å². The minimum absolute atomic E-state index is 0.159. The fourth-order valence-electron chi connectivity index (χ4n) is 2.38. The van der Waals surface area contributed by atoms with E-state index in [0.717, 1.165) is 5.56 Å². The van der Waals surface area contributed by atoms with E-state index in [2.05, 4.69) is 4.98 Å². The Hall–Kier alpha value is -2.95. The lowest BCUT2D eigenvalue weighted by Gasteiger charge is -2.14. The molecule has 3 aromatic rings. The fraction of sp³-hybridized carbons (Fsp3) is 0.167. The van der Waals surface area contributed by atoms with Crippen LogP contribution in [0.15, 0.2) is 65.7 Å². The highest BCUT2D eigenvalue weighted by Crippen LogP contribution is 2.16. The van der Waals surface area contributed by atoms with E-state index < -0.39 is 5.97 Å². The molecule has 0 spiro atoms. The molecule has 3 rings (SSSR count). The Morgan fingerprint density at radius 2 is 1.83 bits per heavy atom. The van der Waals surface area contributed by atoms with Crippen molar-refractivity contribution in [1.82, 2.24) is 9.55 Å². The zero-order valence-electron chi connectivity index (χ0n) is 12.7. The Balaban J connectivity index is 1.76. The molecule has 23 heavy (non-hydrogen) atoms. The van der Waals surface area contributed by atoms with Crippen LogP contribution in [0, 0.1) is 0 Å². The summed E-state index contributed by atoms with van der Waals surface area (Å²) in [6.45, 7) is 1.64. The quantitative estimate of drug-likeness (QED) is 0.695. The third-order valence-corrected chi connectivity index (χ3v) is 3.61. The number of nitrogens with zero attached hydrogens (tertiary/aromatic N) is 2. The van der Waals surface area contributed by atoms with E-state index in [9.17, 15) is 9.59 Å². The van der Waals surface area contributed by atoms with Gasteiger partial charge in [0.25, 0.3) is 5.56 Å². The third kappa shape index (κ3) is 3.29. The van der Waals surface area contributed by atoms with E-state index in [1.165, 1.54) is 10.9 Å². The first-order valence-corrected chi connectivity index (χ1v) is 7.34. The highest BCUT2D eigenvalue weighted by atomic mass is 16.5. The summed E-state index contributed by atoms with van der Waals surface area (Å²) in [5.74, 6) is -0.472. The van der Waals surface area contributed by atoms with Crippen LogP contribution < -0.4 is 5.56 Å². The average Bonchev–Trinajstić information content (AvgIpc) is 2.58. The van der Waals surface area contributed by atoms with Gasteiger partial charge in [-0.3, -0.25) is 14.2 Å². The van der Waals surface area contributed by atoms with Crippen molar-refractivity contribution in [3.05, 3.63) is 76.8 Å². The van der Waals surface area contributed by atoms with Crippen LogP contribution >= 0.6 is 0 Å².